The van der Waals surface area contributed by atoms with Crippen LogP contribution in [0.4, 0.5) is 0 Å². The maximum atomic E-state index is 6.03. The summed E-state index contributed by atoms with van der Waals surface area (Å²) in [5.74, 6) is 1.75. The third-order valence-electron chi connectivity index (χ3n) is 5.50. The summed E-state index contributed by atoms with van der Waals surface area (Å²) in [5.41, 5.74) is 5.44. The van der Waals surface area contributed by atoms with E-state index in [1.165, 1.54) is 58.8 Å². The Hall–Kier alpha value is -1.54. The minimum absolute atomic E-state index is 0.755. The van der Waals surface area contributed by atoms with Crippen molar-refractivity contribution in [1.82, 2.24) is 0 Å². The molecule has 2 aromatic carbocycles. The Kier molecular flexibility index (Phi) is 5.26. The van der Waals surface area contributed by atoms with E-state index in [-0.39, 0.29) is 0 Å². The van der Waals surface area contributed by atoms with Gasteiger partial charge in [-0.15, -0.1) is 0 Å². The molecule has 0 saturated heterocycles. The second kappa shape index (κ2) is 7.78. The van der Waals surface area contributed by atoms with Gasteiger partial charge in [0.25, 0.3) is 0 Å². The van der Waals surface area contributed by atoms with E-state index < -0.39 is 0 Å². The minimum atomic E-state index is 0.755. The number of rotatable bonds is 4. The lowest BCUT2D eigenvalue weighted by Crippen LogP contribution is -2.07. The van der Waals surface area contributed by atoms with Gasteiger partial charge in [-0.25, -0.2) is 0 Å². The molecule has 2 aromatic rings. The molecule has 130 valence electrons. The maximum Gasteiger partial charge on any atom is 0.119 e. The highest BCUT2D eigenvalue weighted by atomic mass is 79.9. The third-order valence-corrected chi connectivity index (χ3v) is 6.30. The van der Waals surface area contributed by atoms with Crippen molar-refractivity contribution < 1.29 is 4.74 Å². The Balaban J connectivity index is 1.56. The largest absolute Gasteiger partial charge is 0.493 e. The fourth-order valence-corrected chi connectivity index (χ4v) is 4.83. The average Bonchev–Trinajstić information content (AvgIpc) is 3.10. The smallest absolute Gasteiger partial charge is 0.119 e. The first-order valence-electron chi connectivity index (χ1n) is 9.51. The molecule has 2 aliphatic rings. The minimum Gasteiger partial charge on any atom is -0.493 e. The number of hydrogen-bond acceptors (Lipinski definition) is 1. The van der Waals surface area contributed by atoms with E-state index in [1.807, 2.05) is 0 Å². The molecular formula is C23H25BrO. The average molecular weight is 397 g/mol. The van der Waals surface area contributed by atoms with Crippen LogP contribution in [0.15, 0.2) is 53.0 Å². The summed E-state index contributed by atoms with van der Waals surface area (Å²) < 4.78 is 7.34. The third kappa shape index (κ3) is 3.84. The molecule has 0 bridgehead atoms. The van der Waals surface area contributed by atoms with Crippen molar-refractivity contribution in [2.24, 2.45) is 5.92 Å². The number of benzene rings is 2. The molecule has 25 heavy (non-hydrogen) atoms. The zero-order valence-corrected chi connectivity index (χ0v) is 16.2. The van der Waals surface area contributed by atoms with Crippen LogP contribution >= 0.6 is 15.9 Å². The van der Waals surface area contributed by atoms with Crippen LogP contribution in [0.3, 0.4) is 0 Å². The monoisotopic (exact) mass is 396 g/mol. The quantitative estimate of drug-likeness (QED) is 0.555. The van der Waals surface area contributed by atoms with Crippen molar-refractivity contribution in [2.75, 3.05) is 6.61 Å². The van der Waals surface area contributed by atoms with Gasteiger partial charge in [-0.1, -0.05) is 65.2 Å². The molecular weight excluding hydrogens is 372 g/mol. The second-order valence-corrected chi connectivity index (χ2v) is 8.23. The summed E-state index contributed by atoms with van der Waals surface area (Å²) >= 11 is 3.85. The van der Waals surface area contributed by atoms with Gasteiger partial charge in [0.2, 0.25) is 0 Å². The molecule has 0 radical (unpaired) electrons. The standard InChI is InChI=1S/C23H25BrO/c24-22-11-5-9-18-8-3-4-10-21(18)23(22)19-12-14-20(15-13-19)25-16-17-6-1-2-7-17/h3-4,8,10,12-15,17H,1-2,5-7,9,11,16H2. The van der Waals surface area contributed by atoms with Gasteiger partial charge in [0.05, 0.1) is 6.61 Å². The van der Waals surface area contributed by atoms with Crippen molar-refractivity contribution >= 4 is 21.5 Å². The van der Waals surface area contributed by atoms with Crippen LogP contribution in [0.1, 0.15) is 55.2 Å². The lowest BCUT2D eigenvalue weighted by Gasteiger charge is -2.15. The fraction of sp³-hybridized carbons (Fsp3) is 0.391. The van der Waals surface area contributed by atoms with E-state index >= 15 is 0 Å². The van der Waals surface area contributed by atoms with Crippen LogP contribution in [-0.2, 0) is 6.42 Å². The first kappa shape index (κ1) is 16.9. The Morgan fingerprint density at radius 1 is 0.880 bits per heavy atom. The molecule has 0 aliphatic heterocycles. The second-order valence-electron chi connectivity index (χ2n) is 7.28. The van der Waals surface area contributed by atoms with Crippen LogP contribution in [0.2, 0.25) is 0 Å². The van der Waals surface area contributed by atoms with Crippen molar-refractivity contribution in [3.05, 3.63) is 69.7 Å². The summed E-state index contributed by atoms with van der Waals surface area (Å²) in [6.07, 6.45) is 8.84. The lowest BCUT2D eigenvalue weighted by atomic mass is 9.94. The first-order chi connectivity index (χ1) is 12.3. The molecule has 0 atom stereocenters. The molecule has 4 rings (SSSR count). The van der Waals surface area contributed by atoms with Gasteiger partial charge in [-0.05, 0) is 72.4 Å². The van der Waals surface area contributed by atoms with Gasteiger partial charge >= 0.3 is 0 Å². The van der Waals surface area contributed by atoms with Crippen molar-refractivity contribution in [2.45, 2.75) is 44.9 Å². The molecule has 2 heteroatoms. The molecule has 1 saturated carbocycles. The van der Waals surface area contributed by atoms with E-state index in [4.69, 9.17) is 4.74 Å². The summed E-state index contributed by atoms with van der Waals surface area (Å²) in [5, 5.41) is 0. The van der Waals surface area contributed by atoms with E-state index in [1.54, 1.807) is 0 Å². The number of fused-ring (bicyclic) bond motifs is 1. The first-order valence-corrected chi connectivity index (χ1v) is 10.3. The van der Waals surface area contributed by atoms with Crippen molar-refractivity contribution in [1.29, 1.82) is 0 Å². The normalized spacial score (nSPS) is 18.1. The summed E-state index contributed by atoms with van der Waals surface area (Å²) in [6.45, 7) is 0.870. The number of hydrogen-bond donors (Lipinski definition) is 0. The van der Waals surface area contributed by atoms with Gasteiger partial charge in [0.1, 0.15) is 5.75 Å². The Bertz CT molecular complexity index is 754. The van der Waals surface area contributed by atoms with Crippen LogP contribution < -0.4 is 4.74 Å². The molecule has 0 spiro atoms. The zero-order valence-electron chi connectivity index (χ0n) is 14.6. The molecule has 0 aromatic heterocycles. The van der Waals surface area contributed by atoms with Gasteiger partial charge in [-0.2, -0.15) is 0 Å². The molecule has 2 aliphatic carbocycles. The van der Waals surface area contributed by atoms with Crippen LogP contribution in [0, 0.1) is 5.92 Å². The molecule has 1 nitrogen and oxygen atoms in total. The number of halogens is 1. The van der Waals surface area contributed by atoms with Gasteiger partial charge in [-0.3, -0.25) is 0 Å². The maximum absolute atomic E-state index is 6.03. The van der Waals surface area contributed by atoms with Crippen LogP contribution in [0.25, 0.3) is 5.57 Å². The zero-order chi connectivity index (χ0) is 17.1. The summed E-state index contributed by atoms with van der Waals surface area (Å²) in [4.78, 5) is 0. The van der Waals surface area contributed by atoms with Crippen molar-refractivity contribution in [3.63, 3.8) is 0 Å². The number of aryl methyl sites for hydroxylation is 1. The van der Waals surface area contributed by atoms with E-state index in [2.05, 4.69) is 64.5 Å². The number of ether oxygens (including phenoxy) is 1. The summed E-state index contributed by atoms with van der Waals surface area (Å²) in [7, 11) is 0. The molecule has 0 heterocycles. The van der Waals surface area contributed by atoms with Crippen LogP contribution in [0.5, 0.6) is 5.75 Å². The topological polar surface area (TPSA) is 9.23 Å². The van der Waals surface area contributed by atoms with E-state index in [0.29, 0.717) is 0 Å². The molecule has 1 fully saturated rings. The van der Waals surface area contributed by atoms with Crippen molar-refractivity contribution in [3.8, 4) is 5.75 Å². The highest BCUT2D eigenvalue weighted by molar-refractivity contribution is 9.11. The Morgan fingerprint density at radius 3 is 2.44 bits per heavy atom. The van der Waals surface area contributed by atoms with Gasteiger partial charge < -0.3 is 4.74 Å². The summed E-state index contributed by atoms with van der Waals surface area (Å²) in [6, 6.07) is 17.5. The van der Waals surface area contributed by atoms with Gasteiger partial charge in [0, 0.05) is 4.48 Å². The SMILES string of the molecule is BrC1=C(c2ccc(OCC3CCCC3)cc2)c2ccccc2CCC1. The predicted octanol–water partition coefficient (Wildman–Crippen LogP) is 6.75. The highest BCUT2D eigenvalue weighted by Crippen LogP contribution is 2.38. The van der Waals surface area contributed by atoms with Gasteiger partial charge in [0.15, 0.2) is 0 Å². The predicted molar refractivity (Wildman–Crippen MR) is 108 cm³/mol. The number of allylic oxidation sites excluding steroid dienone is 1. The highest BCUT2D eigenvalue weighted by Gasteiger charge is 2.18. The molecule has 0 amide bonds. The Labute approximate surface area is 159 Å². The van der Waals surface area contributed by atoms with E-state index in [9.17, 15) is 0 Å². The molecule has 0 unspecified atom stereocenters. The lowest BCUT2D eigenvalue weighted by molar-refractivity contribution is 0.252. The van der Waals surface area contributed by atoms with Crippen LogP contribution in [-0.4, -0.2) is 6.61 Å². The Morgan fingerprint density at radius 2 is 1.64 bits per heavy atom. The molecule has 0 N–H and O–H groups in total. The fourth-order valence-electron chi connectivity index (χ4n) is 4.11. The van der Waals surface area contributed by atoms with E-state index in [0.717, 1.165) is 31.1 Å².